The zero-order chi connectivity index (χ0) is 14.8. The van der Waals surface area contributed by atoms with Gasteiger partial charge in [0.15, 0.2) is 0 Å². The Balaban J connectivity index is 1.71. The van der Waals surface area contributed by atoms with E-state index in [0.29, 0.717) is 0 Å². The first-order valence-electron chi connectivity index (χ1n) is 7.83. The van der Waals surface area contributed by atoms with Crippen LogP contribution in [-0.2, 0) is 6.54 Å². The largest absolute Gasteiger partial charge is 0.216 e. The average molecular weight is 304 g/mol. The third-order valence-electron chi connectivity index (χ3n) is 3.40. The molecule has 2 rings (SSSR count). The van der Waals surface area contributed by atoms with Gasteiger partial charge < -0.3 is 0 Å². The average Bonchev–Trinajstić information content (AvgIpc) is 2.95. The highest BCUT2D eigenvalue weighted by Crippen LogP contribution is 2.17. The van der Waals surface area contributed by atoms with Crippen LogP contribution < -0.4 is 0 Å². The third-order valence-corrected chi connectivity index (χ3v) is 4.45. The molecule has 0 aliphatic rings. The van der Waals surface area contributed by atoms with Gasteiger partial charge in [0, 0.05) is 5.75 Å². The molecule has 0 amide bonds. The number of rotatable bonds is 10. The van der Waals surface area contributed by atoms with Crippen molar-refractivity contribution >= 4 is 11.8 Å². The van der Waals surface area contributed by atoms with E-state index in [2.05, 4.69) is 34.6 Å². The molecule has 2 aromatic rings. The third kappa shape index (κ3) is 5.87. The quantitative estimate of drug-likeness (QED) is 0.488. The summed E-state index contributed by atoms with van der Waals surface area (Å²) in [6, 6.07) is 10.3. The Labute approximate surface area is 131 Å². The summed E-state index contributed by atoms with van der Waals surface area (Å²) in [4.78, 5) is 0. The molecule has 0 bridgehead atoms. The van der Waals surface area contributed by atoms with Crippen LogP contribution >= 0.6 is 11.8 Å². The van der Waals surface area contributed by atoms with Crippen LogP contribution in [0.5, 0.6) is 0 Å². The van der Waals surface area contributed by atoms with E-state index in [1.54, 1.807) is 11.8 Å². The molecule has 114 valence electrons. The van der Waals surface area contributed by atoms with Gasteiger partial charge in [-0.3, -0.25) is 0 Å². The van der Waals surface area contributed by atoms with Gasteiger partial charge in [-0.1, -0.05) is 81.1 Å². The van der Waals surface area contributed by atoms with Gasteiger partial charge in [0.1, 0.15) is 0 Å². The van der Waals surface area contributed by atoms with Crippen molar-refractivity contribution in [2.24, 2.45) is 0 Å². The van der Waals surface area contributed by atoms with Crippen molar-refractivity contribution in [1.82, 2.24) is 20.2 Å². The summed E-state index contributed by atoms with van der Waals surface area (Å²) in [7, 11) is 0. The lowest BCUT2D eigenvalue weighted by Crippen LogP contribution is -2.03. The first-order valence-corrected chi connectivity index (χ1v) is 8.81. The van der Waals surface area contributed by atoms with Gasteiger partial charge in [-0.15, -0.1) is 5.10 Å². The first kappa shape index (κ1) is 16.0. The molecule has 0 spiro atoms. The highest BCUT2D eigenvalue weighted by Gasteiger charge is 2.06. The molecule has 0 saturated carbocycles. The number of nitrogens with zero attached hydrogens (tertiary/aromatic N) is 4. The van der Waals surface area contributed by atoms with E-state index in [-0.39, 0.29) is 0 Å². The van der Waals surface area contributed by atoms with E-state index < -0.39 is 0 Å². The Hall–Kier alpha value is -1.36. The van der Waals surface area contributed by atoms with Crippen LogP contribution in [0.3, 0.4) is 0 Å². The minimum absolute atomic E-state index is 0.743. The van der Waals surface area contributed by atoms with Crippen LogP contribution in [0.15, 0.2) is 35.5 Å². The Morgan fingerprint density at radius 1 is 1.00 bits per heavy atom. The van der Waals surface area contributed by atoms with Crippen LogP contribution in [0.25, 0.3) is 0 Å². The molecule has 0 saturated heterocycles. The molecule has 21 heavy (non-hydrogen) atoms. The minimum atomic E-state index is 0.743. The summed E-state index contributed by atoms with van der Waals surface area (Å²) in [5.74, 6) is 1.10. The van der Waals surface area contributed by atoms with Gasteiger partial charge in [0.2, 0.25) is 5.16 Å². The van der Waals surface area contributed by atoms with Gasteiger partial charge >= 0.3 is 0 Å². The standard InChI is InChI=1S/C16H24N4S/c1-2-3-4-5-6-10-13-21-16-17-18-19-20(16)14-15-11-8-7-9-12-15/h7-9,11-12H,2-6,10,13-14H2,1H3. The Morgan fingerprint density at radius 3 is 2.57 bits per heavy atom. The molecule has 0 fully saturated rings. The lowest BCUT2D eigenvalue weighted by Gasteiger charge is -2.04. The lowest BCUT2D eigenvalue weighted by molar-refractivity contribution is 0.601. The molecule has 0 N–H and O–H groups in total. The predicted octanol–water partition coefficient (Wildman–Crippen LogP) is 4.17. The van der Waals surface area contributed by atoms with Crippen molar-refractivity contribution in [3.05, 3.63) is 35.9 Å². The van der Waals surface area contributed by atoms with E-state index in [1.165, 1.54) is 44.1 Å². The summed E-state index contributed by atoms with van der Waals surface area (Å²) < 4.78 is 1.89. The van der Waals surface area contributed by atoms with Crippen molar-refractivity contribution in [3.8, 4) is 0 Å². The second-order valence-corrected chi connectivity index (χ2v) is 6.28. The fourth-order valence-electron chi connectivity index (χ4n) is 2.20. The van der Waals surface area contributed by atoms with Crippen LogP contribution in [0.1, 0.15) is 51.0 Å². The monoisotopic (exact) mass is 304 g/mol. The second kappa shape index (κ2) is 9.55. The van der Waals surface area contributed by atoms with Crippen molar-refractivity contribution in [2.45, 2.75) is 57.1 Å². The Kier molecular flexibility index (Phi) is 7.29. The Morgan fingerprint density at radius 2 is 1.76 bits per heavy atom. The van der Waals surface area contributed by atoms with Gasteiger partial charge in [-0.25, -0.2) is 4.68 Å². The number of hydrogen-bond donors (Lipinski definition) is 0. The highest BCUT2D eigenvalue weighted by molar-refractivity contribution is 7.99. The molecule has 0 radical (unpaired) electrons. The van der Waals surface area contributed by atoms with Gasteiger partial charge in [-0.2, -0.15) is 0 Å². The van der Waals surface area contributed by atoms with E-state index in [0.717, 1.165) is 17.5 Å². The van der Waals surface area contributed by atoms with Gasteiger partial charge in [0.05, 0.1) is 6.54 Å². The molecule has 5 heteroatoms. The summed E-state index contributed by atoms with van der Waals surface area (Å²) >= 11 is 1.76. The topological polar surface area (TPSA) is 43.6 Å². The number of aromatic nitrogens is 4. The van der Waals surface area contributed by atoms with E-state index in [9.17, 15) is 0 Å². The minimum Gasteiger partial charge on any atom is -0.216 e. The zero-order valence-corrected chi connectivity index (χ0v) is 13.6. The van der Waals surface area contributed by atoms with Crippen LogP contribution in [0, 0.1) is 0 Å². The van der Waals surface area contributed by atoms with Crippen LogP contribution in [0.4, 0.5) is 0 Å². The first-order chi connectivity index (χ1) is 10.4. The fourth-order valence-corrected chi connectivity index (χ4v) is 3.08. The maximum atomic E-state index is 4.12. The van der Waals surface area contributed by atoms with Gasteiger partial charge in [-0.05, 0) is 22.4 Å². The number of benzene rings is 1. The smallest absolute Gasteiger partial charge is 0.209 e. The number of unbranched alkanes of at least 4 members (excludes halogenated alkanes) is 5. The summed E-state index contributed by atoms with van der Waals surface area (Å²) in [5, 5.41) is 12.9. The SMILES string of the molecule is CCCCCCCCSc1nnnn1Cc1ccccc1. The van der Waals surface area contributed by atoms with E-state index in [4.69, 9.17) is 0 Å². The Bertz CT molecular complexity index is 498. The van der Waals surface area contributed by atoms with Crippen LogP contribution in [-0.4, -0.2) is 26.0 Å². The van der Waals surface area contributed by atoms with Gasteiger partial charge in [0.25, 0.3) is 0 Å². The van der Waals surface area contributed by atoms with Crippen molar-refractivity contribution in [2.75, 3.05) is 5.75 Å². The second-order valence-electron chi connectivity index (χ2n) is 5.22. The summed E-state index contributed by atoms with van der Waals surface area (Å²) in [5.41, 5.74) is 1.23. The molecule has 1 heterocycles. The van der Waals surface area contributed by atoms with E-state index in [1.807, 2.05) is 22.9 Å². The molecule has 0 aliphatic heterocycles. The molecule has 0 unspecified atom stereocenters. The molecule has 4 nitrogen and oxygen atoms in total. The number of tetrazole rings is 1. The maximum Gasteiger partial charge on any atom is 0.209 e. The molecule has 1 aromatic carbocycles. The summed E-state index contributed by atoms with van der Waals surface area (Å²) in [6.45, 7) is 3.00. The molecule has 0 aliphatic carbocycles. The van der Waals surface area contributed by atoms with Crippen molar-refractivity contribution < 1.29 is 0 Å². The zero-order valence-electron chi connectivity index (χ0n) is 12.7. The molecular weight excluding hydrogens is 280 g/mol. The fraction of sp³-hybridized carbons (Fsp3) is 0.562. The van der Waals surface area contributed by atoms with E-state index >= 15 is 0 Å². The molecule has 0 atom stereocenters. The lowest BCUT2D eigenvalue weighted by atomic mass is 10.1. The number of hydrogen-bond acceptors (Lipinski definition) is 4. The normalized spacial score (nSPS) is 10.9. The highest BCUT2D eigenvalue weighted by atomic mass is 32.2. The molecule has 1 aromatic heterocycles. The predicted molar refractivity (Wildman–Crippen MR) is 87.5 cm³/mol. The summed E-state index contributed by atoms with van der Waals surface area (Å²) in [6.07, 6.45) is 7.95. The number of thioether (sulfide) groups is 1. The van der Waals surface area contributed by atoms with Crippen molar-refractivity contribution in [1.29, 1.82) is 0 Å². The van der Waals surface area contributed by atoms with Crippen LogP contribution in [0.2, 0.25) is 0 Å². The van der Waals surface area contributed by atoms with Crippen molar-refractivity contribution in [3.63, 3.8) is 0 Å². The molecular formula is C16H24N4S. The maximum absolute atomic E-state index is 4.12.